The molecule has 2 aromatic rings. The molecule has 0 radical (unpaired) electrons. The number of imidazole rings is 1. The van der Waals surface area contributed by atoms with Gasteiger partial charge in [-0.3, -0.25) is 10.1 Å². The first-order valence-electron chi connectivity index (χ1n) is 8.99. The molecule has 1 N–H and O–H groups in total. The molecule has 0 aliphatic heterocycles. The van der Waals surface area contributed by atoms with E-state index >= 15 is 0 Å². The molecule has 4 rings (SSSR count). The molecule has 0 bridgehead atoms. The maximum atomic E-state index is 14.5. The Kier molecular flexibility index (Phi) is 4.19. The van der Waals surface area contributed by atoms with Gasteiger partial charge in [0.25, 0.3) is 0 Å². The third-order valence-electron chi connectivity index (χ3n) is 5.93. The van der Waals surface area contributed by atoms with Crippen molar-refractivity contribution in [1.29, 1.82) is 0 Å². The fourth-order valence-corrected chi connectivity index (χ4v) is 4.00. The van der Waals surface area contributed by atoms with E-state index in [1.807, 2.05) is 0 Å². The van der Waals surface area contributed by atoms with E-state index in [9.17, 15) is 35.5 Å². The Labute approximate surface area is 160 Å². The second-order valence-electron chi connectivity index (χ2n) is 7.96. The van der Waals surface area contributed by atoms with Crippen molar-refractivity contribution in [2.24, 2.45) is 5.92 Å². The second-order valence-corrected chi connectivity index (χ2v) is 7.96. The summed E-state index contributed by atoms with van der Waals surface area (Å²) < 4.78 is 95.8. The van der Waals surface area contributed by atoms with Crippen LogP contribution in [0.3, 0.4) is 0 Å². The normalized spacial score (nSPS) is 24.1. The molecule has 2 saturated carbocycles. The summed E-state index contributed by atoms with van der Waals surface area (Å²) in [5.41, 5.74) is -1.37. The number of carbonyl (C=O) groups is 1. The van der Waals surface area contributed by atoms with Gasteiger partial charge in [-0.05, 0) is 26.2 Å². The van der Waals surface area contributed by atoms with Crippen molar-refractivity contribution in [3.8, 4) is 0 Å². The smallest absolute Gasteiger partial charge is 0.301 e. The molecule has 2 aliphatic carbocycles. The van der Waals surface area contributed by atoms with Crippen LogP contribution >= 0.6 is 0 Å². The third-order valence-corrected chi connectivity index (χ3v) is 5.93. The molecule has 29 heavy (non-hydrogen) atoms. The van der Waals surface area contributed by atoms with Gasteiger partial charge < -0.3 is 4.57 Å². The Hall–Kier alpha value is -2.33. The maximum Gasteiger partial charge on any atom is 0.313 e. The van der Waals surface area contributed by atoms with Gasteiger partial charge in [0.1, 0.15) is 5.52 Å². The number of halogens is 7. The van der Waals surface area contributed by atoms with E-state index in [2.05, 4.69) is 10.3 Å². The van der Waals surface area contributed by atoms with E-state index in [4.69, 9.17) is 0 Å². The summed E-state index contributed by atoms with van der Waals surface area (Å²) in [4.78, 5) is 16.1. The lowest BCUT2D eigenvalue weighted by Gasteiger charge is -2.43. The highest BCUT2D eigenvalue weighted by atomic mass is 19.3. The van der Waals surface area contributed by atoms with Crippen molar-refractivity contribution in [3.63, 3.8) is 0 Å². The molecule has 4 nitrogen and oxygen atoms in total. The van der Waals surface area contributed by atoms with Crippen LogP contribution in [0.1, 0.15) is 39.0 Å². The van der Waals surface area contributed by atoms with Gasteiger partial charge in [-0.2, -0.15) is 17.6 Å². The zero-order valence-electron chi connectivity index (χ0n) is 15.1. The molecule has 0 saturated heterocycles. The van der Waals surface area contributed by atoms with Gasteiger partial charge in [0.05, 0.1) is 5.52 Å². The topological polar surface area (TPSA) is 46.9 Å². The van der Waals surface area contributed by atoms with E-state index in [1.165, 1.54) is 4.57 Å². The Balaban J connectivity index is 1.68. The summed E-state index contributed by atoms with van der Waals surface area (Å²) in [7, 11) is 0. The first-order valence-corrected chi connectivity index (χ1v) is 8.99. The highest BCUT2D eigenvalue weighted by Crippen LogP contribution is 2.56. The number of anilines is 1. The number of nitrogens with zero attached hydrogens (tertiary/aromatic N) is 2. The van der Waals surface area contributed by atoms with Crippen LogP contribution in [0, 0.1) is 23.4 Å². The van der Waals surface area contributed by atoms with E-state index < -0.39 is 59.5 Å². The third kappa shape index (κ3) is 2.80. The van der Waals surface area contributed by atoms with Gasteiger partial charge in [-0.15, -0.1) is 0 Å². The van der Waals surface area contributed by atoms with E-state index in [-0.39, 0.29) is 17.0 Å². The zero-order chi connectivity index (χ0) is 21.4. The van der Waals surface area contributed by atoms with E-state index in [0.29, 0.717) is 18.9 Å². The Morgan fingerprint density at radius 2 is 1.86 bits per heavy atom. The SMILES string of the molecule is CC1(n2c(NC(=O)CC3CC(F)(F)C3(F)F)nc3cc(F)c(F)c(F)c32)CCC1. The predicted molar refractivity (Wildman–Crippen MR) is 88.4 cm³/mol. The molecule has 2 fully saturated rings. The number of aromatic nitrogens is 2. The second kappa shape index (κ2) is 6.09. The largest absolute Gasteiger partial charge is 0.313 e. The standard InChI is InChI=1S/C18H16F7N3O/c1-16(3-2-4-16)28-14-10(6-9(19)12(20)13(14)21)26-15(28)27-11(29)5-8-7-17(22,23)18(8,24)25/h6,8H,2-5,7H2,1H3,(H,26,27,29). The Morgan fingerprint density at radius 1 is 1.21 bits per heavy atom. The molecule has 1 heterocycles. The molecule has 1 unspecified atom stereocenters. The van der Waals surface area contributed by atoms with Gasteiger partial charge >= 0.3 is 11.8 Å². The lowest BCUT2D eigenvalue weighted by molar-refractivity contribution is -0.313. The quantitative estimate of drug-likeness (QED) is 0.558. The number of nitrogens with one attached hydrogen (secondary N) is 1. The monoisotopic (exact) mass is 423 g/mol. The van der Waals surface area contributed by atoms with Gasteiger partial charge in [0.15, 0.2) is 17.5 Å². The van der Waals surface area contributed by atoms with E-state index in [0.717, 1.165) is 6.42 Å². The number of fused-ring (bicyclic) bond motifs is 1. The minimum absolute atomic E-state index is 0.259. The zero-order valence-corrected chi connectivity index (χ0v) is 15.1. The average molecular weight is 423 g/mol. The molecule has 1 aromatic heterocycles. The van der Waals surface area contributed by atoms with Crippen LogP contribution in [0.5, 0.6) is 0 Å². The number of benzene rings is 1. The molecule has 1 aromatic carbocycles. The fourth-order valence-electron chi connectivity index (χ4n) is 4.00. The number of rotatable bonds is 4. The minimum atomic E-state index is -4.30. The van der Waals surface area contributed by atoms with Crippen molar-refractivity contribution in [1.82, 2.24) is 9.55 Å². The molecule has 158 valence electrons. The fraction of sp³-hybridized carbons (Fsp3) is 0.556. The Bertz CT molecular complexity index is 1010. The summed E-state index contributed by atoms with van der Waals surface area (Å²) in [5.74, 6) is -16.3. The lowest BCUT2D eigenvalue weighted by atomic mass is 9.74. The summed E-state index contributed by atoms with van der Waals surface area (Å²) in [5, 5.41) is 2.23. The van der Waals surface area contributed by atoms with Gasteiger partial charge in [-0.25, -0.2) is 18.2 Å². The van der Waals surface area contributed by atoms with Crippen LogP contribution < -0.4 is 5.32 Å². The molecular weight excluding hydrogens is 407 g/mol. The molecular formula is C18H16F7N3O. The first-order chi connectivity index (χ1) is 13.4. The molecule has 2 aliphatic rings. The van der Waals surface area contributed by atoms with Crippen molar-refractivity contribution in [2.75, 3.05) is 5.32 Å². The average Bonchev–Trinajstić information content (AvgIpc) is 2.95. The molecule has 1 atom stereocenters. The Morgan fingerprint density at radius 3 is 2.38 bits per heavy atom. The van der Waals surface area contributed by atoms with Crippen molar-refractivity contribution in [3.05, 3.63) is 23.5 Å². The molecule has 0 spiro atoms. The highest BCUT2D eigenvalue weighted by molar-refractivity contribution is 5.92. The first kappa shape index (κ1) is 20.0. The number of amides is 1. The van der Waals surface area contributed by atoms with Crippen LogP contribution in [-0.2, 0) is 10.3 Å². The van der Waals surface area contributed by atoms with Gasteiger partial charge in [0.2, 0.25) is 11.9 Å². The summed E-state index contributed by atoms with van der Waals surface area (Å²) in [6, 6.07) is 0.669. The highest BCUT2D eigenvalue weighted by Gasteiger charge is 2.71. The predicted octanol–water partition coefficient (Wildman–Crippen LogP) is 4.97. The van der Waals surface area contributed by atoms with Crippen LogP contribution in [0.4, 0.5) is 36.7 Å². The summed E-state index contributed by atoms with van der Waals surface area (Å²) in [6.07, 6.45) is -0.197. The van der Waals surface area contributed by atoms with E-state index in [1.54, 1.807) is 6.92 Å². The van der Waals surface area contributed by atoms with Gasteiger partial charge in [-0.1, -0.05) is 0 Å². The molecule has 11 heteroatoms. The number of hydrogen-bond donors (Lipinski definition) is 1. The summed E-state index contributed by atoms with van der Waals surface area (Å²) >= 11 is 0. The van der Waals surface area contributed by atoms with Crippen molar-refractivity contribution in [2.45, 2.75) is 56.4 Å². The van der Waals surface area contributed by atoms with Crippen LogP contribution in [0.2, 0.25) is 0 Å². The number of hydrogen-bond acceptors (Lipinski definition) is 2. The van der Waals surface area contributed by atoms with Crippen LogP contribution in [-0.4, -0.2) is 27.3 Å². The molecule has 1 amide bonds. The number of alkyl halides is 4. The summed E-state index contributed by atoms with van der Waals surface area (Å²) in [6.45, 7) is 1.70. The maximum absolute atomic E-state index is 14.5. The van der Waals surface area contributed by atoms with Crippen LogP contribution in [0.25, 0.3) is 11.0 Å². The van der Waals surface area contributed by atoms with Crippen molar-refractivity contribution >= 4 is 22.9 Å². The van der Waals surface area contributed by atoms with Crippen molar-refractivity contribution < 1.29 is 35.5 Å². The van der Waals surface area contributed by atoms with Gasteiger partial charge in [0, 0.05) is 30.4 Å². The van der Waals surface area contributed by atoms with Crippen LogP contribution in [0.15, 0.2) is 6.07 Å². The minimum Gasteiger partial charge on any atom is -0.301 e. The lowest BCUT2D eigenvalue weighted by Crippen LogP contribution is -2.59. The number of carbonyl (C=O) groups excluding carboxylic acids is 1.